The molecule has 0 unspecified atom stereocenters. The molecule has 0 aromatic heterocycles. The highest BCUT2D eigenvalue weighted by Gasteiger charge is 1.96. The van der Waals surface area contributed by atoms with Crippen LogP contribution in [0, 0.1) is 5.41 Å². The third-order valence-electron chi connectivity index (χ3n) is 2.74. The first-order chi connectivity index (χ1) is 7.77. The van der Waals surface area contributed by atoms with Gasteiger partial charge in [0.05, 0.1) is 0 Å². The van der Waals surface area contributed by atoms with Crippen molar-refractivity contribution in [3.8, 4) is 0 Å². The van der Waals surface area contributed by atoms with Gasteiger partial charge < -0.3 is 10.5 Å². The van der Waals surface area contributed by atoms with Gasteiger partial charge in [-0.3, -0.25) is 4.79 Å². The molecule has 3 heteroatoms. The van der Waals surface area contributed by atoms with Gasteiger partial charge in [-0.15, -0.1) is 0 Å². The maximum Gasteiger partial charge on any atom is 0.303 e. The van der Waals surface area contributed by atoms with E-state index in [1.807, 2.05) is 0 Å². The van der Waals surface area contributed by atoms with E-state index in [4.69, 9.17) is 10.5 Å². The van der Waals surface area contributed by atoms with Crippen LogP contribution in [-0.4, -0.2) is 17.3 Å². The van der Waals surface area contributed by atoms with Crippen molar-refractivity contribution in [2.45, 2.75) is 70.6 Å². The van der Waals surface area contributed by atoms with E-state index in [9.17, 15) is 4.79 Å². The molecule has 0 fully saturated rings. The molecule has 0 aromatic rings. The third-order valence-corrected chi connectivity index (χ3v) is 2.74. The maximum atomic E-state index is 10.2. The summed E-state index contributed by atoms with van der Waals surface area (Å²) in [6, 6.07) is 0. The summed E-state index contributed by atoms with van der Waals surface area (Å²) in [6.07, 6.45) is 13.3. The van der Waals surface area contributed by atoms with Crippen LogP contribution >= 0.6 is 0 Å². The van der Waals surface area contributed by atoms with Crippen molar-refractivity contribution in [3.05, 3.63) is 0 Å². The highest BCUT2D eigenvalue weighted by molar-refractivity contribution is 5.66. The van der Waals surface area contributed by atoms with Crippen molar-refractivity contribution >= 4 is 12.2 Å². The number of nitrogens with one attached hydrogen (secondary N) is 1. The van der Waals surface area contributed by atoms with E-state index in [1.54, 1.807) is 0 Å². The molecule has 2 N–H and O–H groups in total. The second-order valence-corrected chi connectivity index (χ2v) is 4.32. The lowest BCUT2D eigenvalue weighted by atomic mass is 10.1. The summed E-state index contributed by atoms with van der Waals surface area (Å²) in [5.41, 5.74) is 0. The van der Waals surface area contributed by atoms with Crippen LogP contribution in [0.1, 0.15) is 70.6 Å². The summed E-state index contributed by atoms with van der Waals surface area (Å²) in [6.45, 7) is 0. The first-order valence-corrected chi connectivity index (χ1v) is 6.48. The molecule has 0 rings (SSSR count). The molecule has 16 heavy (non-hydrogen) atoms. The Morgan fingerprint density at radius 1 is 0.875 bits per heavy atom. The van der Waals surface area contributed by atoms with Gasteiger partial charge in [0.15, 0.2) is 0 Å². The van der Waals surface area contributed by atoms with Gasteiger partial charge in [-0.2, -0.15) is 0 Å². The number of hydrogen-bond donors (Lipinski definition) is 2. The Hall–Kier alpha value is -0.860. The minimum atomic E-state index is -0.675. The van der Waals surface area contributed by atoms with Crippen LogP contribution in [-0.2, 0) is 4.79 Å². The van der Waals surface area contributed by atoms with Gasteiger partial charge in [0, 0.05) is 6.42 Å². The molecule has 94 valence electrons. The molecule has 0 aliphatic carbocycles. The van der Waals surface area contributed by atoms with Crippen molar-refractivity contribution in [2.75, 3.05) is 0 Å². The molecule has 3 nitrogen and oxygen atoms in total. The van der Waals surface area contributed by atoms with Gasteiger partial charge in [-0.25, -0.2) is 0 Å². The zero-order chi connectivity index (χ0) is 12.1. The maximum absolute atomic E-state index is 10.2. The number of carboxylic acid groups (broad SMARTS) is 1. The van der Waals surface area contributed by atoms with Crippen LogP contribution in [0.15, 0.2) is 0 Å². The highest BCUT2D eigenvalue weighted by Crippen LogP contribution is 2.10. The standard InChI is InChI=1S/C13H25NO2/c14-12-10-8-6-4-2-1-3-5-7-9-11-13(15)16/h12,14H,1-11H2,(H,15,16). The van der Waals surface area contributed by atoms with Crippen LogP contribution in [0.5, 0.6) is 0 Å². The van der Waals surface area contributed by atoms with Crippen molar-refractivity contribution in [1.29, 1.82) is 5.41 Å². The van der Waals surface area contributed by atoms with Gasteiger partial charge in [-0.1, -0.05) is 44.9 Å². The summed E-state index contributed by atoms with van der Waals surface area (Å²) >= 11 is 0. The van der Waals surface area contributed by atoms with Crippen LogP contribution in [0.3, 0.4) is 0 Å². The van der Waals surface area contributed by atoms with Gasteiger partial charge in [0.2, 0.25) is 0 Å². The number of hydrogen-bond acceptors (Lipinski definition) is 2. The van der Waals surface area contributed by atoms with Gasteiger partial charge in [-0.05, 0) is 25.5 Å². The zero-order valence-corrected chi connectivity index (χ0v) is 10.2. The Bertz CT molecular complexity index is 181. The van der Waals surface area contributed by atoms with E-state index in [0.717, 1.165) is 25.7 Å². The van der Waals surface area contributed by atoms with E-state index in [2.05, 4.69) is 0 Å². The van der Waals surface area contributed by atoms with Gasteiger partial charge in [0.25, 0.3) is 0 Å². The topological polar surface area (TPSA) is 61.2 Å². The van der Waals surface area contributed by atoms with Crippen molar-refractivity contribution in [2.24, 2.45) is 0 Å². The van der Waals surface area contributed by atoms with Crippen LogP contribution in [0.4, 0.5) is 0 Å². The Labute approximate surface area is 98.8 Å². The Balaban J connectivity index is 2.93. The highest BCUT2D eigenvalue weighted by atomic mass is 16.4. The predicted molar refractivity (Wildman–Crippen MR) is 67.2 cm³/mol. The fraction of sp³-hybridized carbons (Fsp3) is 0.846. The molecule has 0 spiro atoms. The van der Waals surface area contributed by atoms with Crippen LogP contribution in [0.2, 0.25) is 0 Å². The third kappa shape index (κ3) is 13.1. The normalized spacial score (nSPS) is 10.2. The predicted octanol–water partition coefficient (Wildman–Crippen LogP) is 4.01. The number of rotatable bonds is 12. The van der Waals surface area contributed by atoms with Crippen molar-refractivity contribution in [3.63, 3.8) is 0 Å². The summed E-state index contributed by atoms with van der Waals surface area (Å²) in [4.78, 5) is 10.2. The molecular weight excluding hydrogens is 202 g/mol. The molecule has 0 aromatic carbocycles. The smallest absolute Gasteiger partial charge is 0.303 e. The van der Waals surface area contributed by atoms with E-state index in [1.165, 1.54) is 44.7 Å². The largest absolute Gasteiger partial charge is 0.481 e. The fourth-order valence-corrected chi connectivity index (χ4v) is 1.76. The lowest BCUT2D eigenvalue weighted by molar-refractivity contribution is -0.137. The second kappa shape index (κ2) is 12.2. The minimum Gasteiger partial charge on any atom is -0.481 e. The second-order valence-electron chi connectivity index (χ2n) is 4.32. The number of aliphatic carboxylic acids is 1. The minimum absolute atomic E-state index is 0.323. The van der Waals surface area contributed by atoms with Crippen LogP contribution < -0.4 is 0 Å². The number of unbranched alkanes of at least 4 members (excludes halogenated alkanes) is 9. The SMILES string of the molecule is N=CCCCCCCCCCCCC(=O)O. The molecule has 0 heterocycles. The van der Waals surface area contributed by atoms with E-state index >= 15 is 0 Å². The molecule has 0 bridgehead atoms. The molecular formula is C13H25NO2. The molecule has 0 atom stereocenters. The van der Waals surface area contributed by atoms with Crippen LogP contribution in [0.25, 0.3) is 0 Å². The number of carboxylic acids is 1. The summed E-state index contributed by atoms with van der Waals surface area (Å²) in [5.74, 6) is -0.675. The Kier molecular flexibility index (Phi) is 11.6. The summed E-state index contributed by atoms with van der Waals surface area (Å²) < 4.78 is 0. The van der Waals surface area contributed by atoms with Gasteiger partial charge in [0.1, 0.15) is 0 Å². The monoisotopic (exact) mass is 227 g/mol. The molecule has 0 saturated carbocycles. The lowest BCUT2D eigenvalue weighted by Crippen LogP contribution is -1.93. The average molecular weight is 227 g/mol. The molecule has 0 amide bonds. The molecule has 0 saturated heterocycles. The Morgan fingerprint density at radius 3 is 1.75 bits per heavy atom. The fourth-order valence-electron chi connectivity index (χ4n) is 1.76. The van der Waals surface area contributed by atoms with E-state index < -0.39 is 5.97 Å². The zero-order valence-electron chi connectivity index (χ0n) is 10.2. The summed E-state index contributed by atoms with van der Waals surface area (Å²) in [7, 11) is 0. The van der Waals surface area contributed by atoms with Gasteiger partial charge >= 0.3 is 5.97 Å². The molecule has 0 radical (unpaired) electrons. The van der Waals surface area contributed by atoms with Crippen molar-refractivity contribution in [1.82, 2.24) is 0 Å². The Morgan fingerprint density at radius 2 is 1.31 bits per heavy atom. The lowest BCUT2D eigenvalue weighted by Gasteiger charge is -2.01. The molecule has 0 aliphatic rings. The first-order valence-electron chi connectivity index (χ1n) is 6.48. The molecule has 0 aliphatic heterocycles. The van der Waals surface area contributed by atoms with Crippen molar-refractivity contribution < 1.29 is 9.90 Å². The quantitative estimate of drug-likeness (QED) is 0.391. The van der Waals surface area contributed by atoms with E-state index in [0.29, 0.717) is 6.42 Å². The van der Waals surface area contributed by atoms with E-state index in [-0.39, 0.29) is 0 Å². The summed E-state index contributed by atoms with van der Waals surface area (Å²) in [5, 5.41) is 15.3. The number of carbonyl (C=O) groups is 1. The average Bonchev–Trinajstić information content (AvgIpc) is 2.25. The first kappa shape index (κ1) is 15.1.